The van der Waals surface area contributed by atoms with E-state index in [2.05, 4.69) is 11.2 Å². The van der Waals surface area contributed by atoms with Crippen LogP contribution in [-0.4, -0.2) is 24.4 Å². The number of benzene rings is 1. The Hall–Kier alpha value is -1.50. The Balaban J connectivity index is 2.44. The molecule has 1 aromatic carbocycles. The van der Waals surface area contributed by atoms with E-state index in [1.165, 1.54) is 0 Å². The number of aliphatic hydroxyl groups is 1. The molecule has 0 bridgehead atoms. The molecule has 0 radical (unpaired) electrons. The van der Waals surface area contributed by atoms with Gasteiger partial charge in [0.25, 0.3) is 0 Å². The predicted molar refractivity (Wildman–Crippen MR) is 64.2 cm³/mol. The maximum Gasteiger partial charge on any atom is 0.148 e. The van der Waals surface area contributed by atoms with Gasteiger partial charge in [-0.3, -0.25) is 0 Å². The van der Waals surface area contributed by atoms with Crippen LogP contribution in [0.5, 0.6) is 5.75 Å². The van der Waals surface area contributed by atoms with Gasteiger partial charge >= 0.3 is 0 Å². The molecule has 0 aliphatic carbocycles. The topological polar surface area (TPSA) is 41.5 Å². The van der Waals surface area contributed by atoms with E-state index in [0.717, 1.165) is 11.3 Å². The van der Waals surface area contributed by atoms with Crippen molar-refractivity contribution >= 4 is 0 Å². The second kappa shape index (κ2) is 6.89. The first-order valence-corrected chi connectivity index (χ1v) is 5.26. The summed E-state index contributed by atoms with van der Waals surface area (Å²) in [6.07, 6.45) is 4.78. The summed E-state index contributed by atoms with van der Waals surface area (Å²) in [6.45, 7) is 3.32. The summed E-state index contributed by atoms with van der Waals surface area (Å²) < 4.78 is 5.31. The molecule has 0 fully saturated rings. The molecular formula is C13H17NO2. The van der Waals surface area contributed by atoms with Gasteiger partial charge in [-0.25, -0.2) is 0 Å². The van der Waals surface area contributed by atoms with Crippen LogP contribution in [0, 0.1) is 12.3 Å². The summed E-state index contributed by atoms with van der Waals surface area (Å²) >= 11 is 0. The highest BCUT2D eigenvalue weighted by atomic mass is 16.5. The van der Waals surface area contributed by atoms with E-state index in [-0.39, 0.29) is 12.7 Å². The number of ether oxygens (including phenoxy) is 1. The Kier molecular flexibility index (Phi) is 5.41. The third kappa shape index (κ3) is 4.83. The zero-order valence-corrected chi connectivity index (χ0v) is 9.44. The third-order valence-electron chi connectivity index (χ3n) is 1.99. The molecule has 0 aliphatic heterocycles. The fraction of sp³-hybridized carbons (Fsp3) is 0.385. The van der Waals surface area contributed by atoms with Crippen LogP contribution in [0.25, 0.3) is 0 Å². The lowest BCUT2D eigenvalue weighted by Crippen LogP contribution is -2.23. The van der Waals surface area contributed by atoms with Crippen LogP contribution in [0.15, 0.2) is 24.3 Å². The maximum absolute atomic E-state index is 9.09. The molecule has 0 aromatic heterocycles. The molecule has 3 heteroatoms. The van der Waals surface area contributed by atoms with Crippen LogP contribution in [0.3, 0.4) is 0 Å². The van der Waals surface area contributed by atoms with Crippen LogP contribution >= 0.6 is 0 Å². The van der Waals surface area contributed by atoms with Crippen LogP contribution < -0.4 is 10.1 Å². The van der Waals surface area contributed by atoms with Crippen LogP contribution in [-0.2, 0) is 6.54 Å². The van der Waals surface area contributed by atoms with E-state index >= 15 is 0 Å². The second-order valence-electron chi connectivity index (χ2n) is 3.62. The third-order valence-corrected chi connectivity index (χ3v) is 1.99. The largest absolute Gasteiger partial charge is 0.481 e. The Morgan fingerprint density at radius 3 is 3.06 bits per heavy atom. The van der Waals surface area contributed by atoms with Crippen molar-refractivity contribution in [3.63, 3.8) is 0 Å². The van der Waals surface area contributed by atoms with E-state index in [1.807, 2.05) is 24.3 Å². The summed E-state index contributed by atoms with van der Waals surface area (Å²) in [5.41, 5.74) is 1.11. The van der Waals surface area contributed by atoms with Crippen molar-refractivity contribution in [3.8, 4) is 18.1 Å². The fourth-order valence-corrected chi connectivity index (χ4v) is 1.30. The number of nitrogens with one attached hydrogen (secondary N) is 1. The van der Waals surface area contributed by atoms with Crippen molar-refractivity contribution in [1.29, 1.82) is 0 Å². The minimum absolute atomic E-state index is 0.282. The molecule has 3 nitrogen and oxygen atoms in total. The summed E-state index contributed by atoms with van der Waals surface area (Å²) in [4.78, 5) is 0. The second-order valence-corrected chi connectivity index (χ2v) is 3.62. The van der Waals surface area contributed by atoms with Crippen molar-refractivity contribution < 1.29 is 9.84 Å². The summed E-state index contributed by atoms with van der Waals surface area (Å²) in [5.74, 6) is 3.20. The van der Waals surface area contributed by atoms with Gasteiger partial charge < -0.3 is 15.2 Å². The normalized spacial score (nSPS) is 11.8. The molecule has 0 unspecified atom stereocenters. The van der Waals surface area contributed by atoms with Gasteiger partial charge in [0.1, 0.15) is 12.4 Å². The number of aliphatic hydroxyl groups excluding tert-OH is 1. The van der Waals surface area contributed by atoms with Crippen molar-refractivity contribution in [2.75, 3.05) is 13.2 Å². The van der Waals surface area contributed by atoms with Crippen molar-refractivity contribution in [2.45, 2.75) is 19.6 Å². The minimum Gasteiger partial charge on any atom is -0.481 e. The first-order chi connectivity index (χ1) is 7.72. The number of rotatable bonds is 6. The molecule has 16 heavy (non-hydrogen) atoms. The SMILES string of the molecule is C#CCOc1cccc(CNC[C@@H](C)O)c1. The highest BCUT2D eigenvalue weighted by Gasteiger charge is 1.98. The van der Waals surface area contributed by atoms with E-state index in [0.29, 0.717) is 13.1 Å². The van der Waals surface area contributed by atoms with Gasteiger partial charge in [0.2, 0.25) is 0 Å². The van der Waals surface area contributed by atoms with E-state index in [1.54, 1.807) is 6.92 Å². The molecule has 1 rings (SSSR count). The molecule has 0 saturated heterocycles. The number of hydrogen-bond acceptors (Lipinski definition) is 3. The maximum atomic E-state index is 9.09. The van der Waals surface area contributed by atoms with E-state index in [9.17, 15) is 0 Å². The van der Waals surface area contributed by atoms with Gasteiger partial charge in [-0.05, 0) is 24.6 Å². The van der Waals surface area contributed by atoms with Crippen molar-refractivity contribution in [2.24, 2.45) is 0 Å². The Bertz CT molecular complexity index is 355. The lowest BCUT2D eigenvalue weighted by molar-refractivity contribution is 0.191. The van der Waals surface area contributed by atoms with Crippen LogP contribution in [0.1, 0.15) is 12.5 Å². The van der Waals surface area contributed by atoms with Crippen molar-refractivity contribution in [1.82, 2.24) is 5.32 Å². The molecule has 0 aliphatic rings. The van der Waals surface area contributed by atoms with Gasteiger partial charge in [-0.15, -0.1) is 6.42 Å². The lowest BCUT2D eigenvalue weighted by atomic mass is 10.2. The predicted octanol–water partition coefficient (Wildman–Crippen LogP) is 1.17. The molecule has 1 atom stereocenters. The quantitative estimate of drug-likeness (QED) is 0.706. The Morgan fingerprint density at radius 1 is 1.56 bits per heavy atom. The average molecular weight is 219 g/mol. The molecule has 86 valence electrons. The highest BCUT2D eigenvalue weighted by molar-refractivity contribution is 5.28. The molecule has 0 saturated carbocycles. The summed E-state index contributed by atoms with van der Waals surface area (Å²) in [7, 11) is 0. The monoisotopic (exact) mass is 219 g/mol. The minimum atomic E-state index is -0.333. The number of hydrogen-bond donors (Lipinski definition) is 2. The Labute approximate surface area is 96.4 Å². The smallest absolute Gasteiger partial charge is 0.148 e. The van der Waals surface area contributed by atoms with Gasteiger partial charge in [-0.2, -0.15) is 0 Å². The van der Waals surface area contributed by atoms with Gasteiger partial charge in [0.15, 0.2) is 0 Å². The molecule has 2 N–H and O–H groups in total. The lowest BCUT2D eigenvalue weighted by Gasteiger charge is -2.08. The molecular weight excluding hydrogens is 202 g/mol. The molecule has 0 heterocycles. The van der Waals surface area contributed by atoms with Crippen LogP contribution in [0.2, 0.25) is 0 Å². The number of terminal acetylenes is 1. The highest BCUT2D eigenvalue weighted by Crippen LogP contribution is 2.12. The molecule has 0 amide bonds. The van der Waals surface area contributed by atoms with Gasteiger partial charge in [0, 0.05) is 13.1 Å². The zero-order valence-electron chi connectivity index (χ0n) is 9.44. The fourth-order valence-electron chi connectivity index (χ4n) is 1.30. The molecule has 0 spiro atoms. The Morgan fingerprint density at radius 2 is 2.38 bits per heavy atom. The van der Waals surface area contributed by atoms with Gasteiger partial charge in [-0.1, -0.05) is 18.1 Å². The van der Waals surface area contributed by atoms with E-state index < -0.39 is 0 Å². The van der Waals surface area contributed by atoms with Gasteiger partial charge in [0.05, 0.1) is 6.10 Å². The molecule has 1 aromatic rings. The summed E-state index contributed by atoms with van der Waals surface area (Å²) in [6, 6.07) is 7.73. The van der Waals surface area contributed by atoms with Crippen LogP contribution in [0.4, 0.5) is 0 Å². The first kappa shape index (κ1) is 12.6. The standard InChI is InChI=1S/C13H17NO2/c1-3-7-16-13-6-4-5-12(8-13)10-14-9-11(2)15/h1,4-6,8,11,14-15H,7,9-10H2,2H3/t11-/m1/s1. The van der Waals surface area contributed by atoms with E-state index in [4.69, 9.17) is 16.3 Å². The average Bonchev–Trinajstić information content (AvgIpc) is 2.26. The first-order valence-electron chi connectivity index (χ1n) is 5.26. The zero-order chi connectivity index (χ0) is 11.8. The summed E-state index contributed by atoms with van der Waals surface area (Å²) in [5, 5.41) is 12.2. The van der Waals surface area contributed by atoms with Crippen molar-refractivity contribution in [3.05, 3.63) is 29.8 Å².